The normalized spacial score (nSPS) is 26.1. The van der Waals surface area contributed by atoms with Crippen LogP contribution in [-0.4, -0.2) is 48.9 Å². The minimum absolute atomic E-state index is 0.838. The zero-order chi connectivity index (χ0) is 9.97. The van der Waals surface area contributed by atoms with Gasteiger partial charge in [0.1, 0.15) is 0 Å². The van der Waals surface area contributed by atoms with Gasteiger partial charge in [-0.3, -0.25) is 5.41 Å². The van der Waals surface area contributed by atoms with E-state index >= 15 is 0 Å². The molecular weight excluding hydrogens is 174 g/mol. The van der Waals surface area contributed by atoms with Crippen LogP contribution >= 0.6 is 0 Å². The van der Waals surface area contributed by atoms with Crippen LogP contribution in [-0.2, 0) is 0 Å². The molecule has 0 aromatic carbocycles. The Morgan fingerprint density at radius 1 is 1.29 bits per heavy atom. The van der Waals surface area contributed by atoms with Gasteiger partial charge in [0.15, 0.2) is 0 Å². The second-order valence-corrected chi connectivity index (χ2v) is 4.74. The van der Waals surface area contributed by atoms with Gasteiger partial charge in [0.2, 0.25) is 0 Å². The maximum Gasteiger partial charge on any atom is 0.0958 e. The third kappa shape index (κ3) is 2.27. The van der Waals surface area contributed by atoms with E-state index in [0.29, 0.717) is 0 Å². The molecule has 1 N–H and O–H groups in total. The minimum Gasteiger partial charge on any atom is -0.360 e. The molecule has 3 heteroatoms. The minimum atomic E-state index is 0.838. The molecule has 14 heavy (non-hydrogen) atoms. The van der Waals surface area contributed by atoms with Crippen molar-refractivity contribution in [2.24, 2.45) is 5.92 Å². The van der Waals surface area contributed by atoms with E-state index in [9.17, 15) is 0 Å². The van der Waals surface area contributed by atoms with E-state index in [1.807, 2.05) is 0 Å². The molecular formula is C11H21N3. The van der Waals surface area contributed by atoms with Crippen LogP contribution < -0.4 is 0 Å². The maximum absolute atomic E-state index is 7.78. The molecule has 2 rings (SSSR count). The summed E-state index contributed by atoms with van der Waals surface area (Å²) < 4.78 is 0. The van der Waals surface area contributed by atoms with Crippen molar-refractivity contribution in [3.63, 3.8) is 0 Å². The first-order valence-corrected chi connectivity index (χ1v) is 5.76. The van der Waals surface area contributed by atoms with Crippen molar-refractivity contribution in [2.45, 2.75) is 25.7 Å². The Morgan fingerprint density at radius 2 is 2.00 bits per heavy atom. The number of nitrogens with zero attached hydrogens (tertiary/aromatic N) is 2. The predicted molar refractivity (Wildman–Crippen MR) is 58.8 cm³/mol. The van der Waals surface area contributed by atoms with E-state index in [1.165, 1.54) is 32.4 Å². The molecule has 3 nitrogen and oxygen atoms in total. The van der Waals surface area contributed by atoms with Gasteiger partial charge in [0.05, 0.1) is 5.84 Å². The first-order chi connectivity index (χ1) is 6.75. The summed E-state index contributed by atoms with van der Waals surface area (Å²) in [5.74, 6) is 1.72. The summed E-state index contributed by atoms with van der Waals surface area (Å²) >= 11 is 0. The van der Waals surface area contributed by atoms with Crippen LogP contribution in [0.2, 0.25) is 0 Å². The number of rotatable bonds is 2. The van der Waals surface area contributed by atoms with Gasteiger partial charge in [0, 0.05) is 19.5 Å². The molecule has 2 heterocycles. The lowest BCUT2D eigenvalue weighted by molar-refractivity contribution is 0.196. The summed E-state index contributed by atoms with van der Waals surface area (Å²) in [4.78, 5) is 4.70. The highest BCUT2D eigenvalue weighted by atomic mass is 15.2. The van der Waals surface area contributed by atoms with Crippen LogP contribution in [0.1, 0.15) is 25.7 Å². The van der Waals surface area contributed by atoms with Crippen LogP contribution in [0.3, 0.4) is 0 Å². The highest BCUT2D eigenvalue weighted by Crippen LogP contribution is 2.20. The zero-order valence-corrected chi connectivity index (χ0v) is 9.13. The number of likely N-dealkylation sites (tertiary alicyclic amines) is 2. The van der Waals surface area contributed by atoms with Gasteiger partial charge in [-0.25, -0.2) is 0 Å². The molecule has 2 aliphatic heterocycles. The van der Waals surface area contributed by atoms with Crippen LogP contribution in [0.15, 0.2) is 0 Å². The summed E-state index contributed by atoms with van der Waals surface area (Å²) in [5, 5.41) is 7.78. The average molecular weight is 195 g/mol. The largest absolute Gasteiger partial charge is 0.360 e. The second kappa shape index (κ2) is 4.30. The monoisotopic (exact) mass is 195 g/mol. The number of amidine groups is 1. The molecule has 0 unspecified atom stereocenters. The Morgan fingerprint density at radius 3 is 2.57 bits per heavy atom. The van der Waals surface area contributed by atoms with E-state index in [0.717, 1.165) is 31.3 Å². The first-order valence-electron chi connectivity index (χ1n) is 5.76. The van der Waals surface area contributed by atoms with Gasteiger partial charge in [0.25, 0.3) is 0 Å². The van der Waals surface area contributed by atoms with Crippen molar-refractivity contribution in [3.05, 3.63) is 0 Å². The quantitative estimate of drug-likeness (QED) is 0.722. The van der Waals surface area contributed by atoms with E-state index in [4.69, 9.17) is 5.41 Å². The van der Waals surface area contributed by atoms with E-state index in [2.05, 4.69) is 16.8 Å². The van der Waals surface area contributed by atoms with Crippen molar-refractivity contribution in [1.29, 1.82) is 5.41 Å². The molecule has 0 radical (unpaired) electrons. The van der Waals surface area contributed by atoms with E-state index < -0.39 is 0 Å². The molecule has 2 fully saturated rings. The number of piperidine rings is 1. The van der Waals surface area contributed by atoms with Crippen molar-refractivity contribution in [2.75, 3.05) is 33.2 Å². The zero-order valence-electron chi connectivity index (χ0n) is 9.13. The van der Waals surface area contributed by atoms with E-state index in [1.54, 1.807) is 0 Å². The topological polar surface area (TPSA) is 30.3 Å². The fourth-order valence-electron chi connectivity index (χ4n) is 2.49. The second-order valence-electron chi connectivity index (χ2n) is 4.74. The summed E-state index contributed by atoms with van der Waals surface area (Å²) in [5.41, 5.74) is 0. The molecule has 0 spiro atoms. The van der Waals surface area contributed by atoms with Crippen molar-refractivity contribution < 1.29 is 0 Å². The fourth-order valence-corrected chi connectivity index (χ4v) is 2.49. The van der Waals surface area contributed by atoms with Crippen molar-refractivity contribution >= 4 is 5.84 Å². The number of hydrogen-bond donors (Lipinski definition) is 1. The maximum atomic E-state index is 7.78. The highest BCUT2D eigenvalue weighted by Gasteiger charge is 2.23. The lowest BCUT2D eigenvalue weighted by Gasteiger charge is -2.32. The molecule has 0 bridgehead atoms. The van der Waals surface area contributed by atoms with Crippen LogP contribution in [0.25, 0.3) is 0 Å². The van der Waals surface area contributed by atoms with Gasteiger partial charge in [-0.15, -0.1) is 0 Å². The number of nitrogens with one attached hydrogen (secondary N) is 1. The van der Waals surface area contributed by atoms with Crippen LogP contribution in [0.4, 0.5) is 0 Å². The summed E-state index contributed by atoms with van der Waals surface area (Å²) in [7, 11) is 2.20. The standard InChI is InChI=1S/C11H21N3/c1-13-7-4-10(5-8-13)9-14-6-2-3-11(14)12/h10,12H,2-9H2,1H3. The molecule has 80 valence electrons. The van der Waals surface area contributed by atoms with Gasteiger partial charge in [-0.1, -0.05) is 0 Å². The molecule has 0 saturated carbocycles. The predicted octanol–water partition coefficient (Wildman–Crippen LogP) is 1.40. The Hall–Kier alpha value is -0.570. The number of hydrogen-bond acceptors (Lipinski definition) is 2. The molecule has 2 aliphatic rings. The molecule has 0 atom stereocenters. The SMILES string of the molecule is CN1CCC(CN2CCCC2=N)CC1. The highest BCUT2D eigenvalue weighted by molar-refractivity contribution is 5.80. The lowest BCUT2D eigenvalue weighted by atomic mass is 9.97. The molecule has 0 aromatic rings. The summed E-state index contributed by atoms with van der Waals surface area (Å²) in [6.45, 7) is 4.76. The first kappa shape index (κ1) is 9.97. The Balaban J connectivity index is 1.77. The Labute approximate surface area is 86.6 Å². The van der Waals surface area contributed by atoms with Gasteiger partial charge in [-0.2, -0.15) is 0 Å². The van der Waals surface area contributed by atoms with Gasteiger partial charge < -0.3 is 9.80 Å². The van der Waals surface area contributed by atoms with Gasteiger partial charge >= 0.3 is 0 Å². The smallest absolute Gasteiger partial charge is 0.0958 e. The lowest BCUT2D eigenvalue weighted by Crippen LogP contribution is -2.37. The fraction of sp³-hybridized carbons (Fsp3) is 0.909. The van der Waals surface area contributed by atoms with E-state index in [-0.39, 0.29) is 0 Å². The third-order valence-electron chi connectivity index (χ3n) is 3.54. The third-order valence-corrected chi connectivity index (χ3v) is 3.54. The molecule has 2 saturated heterocycles. The Kier molecular flexibility index (Phi) is 3.06. The Bertz CT molecular complexity index is 207. The summed E-state index contributed by atoms with van der Waals surface area (Å²) in [6, 6.07) is 0. The summed E-state index contributed by atoms with van der Waals surface area (Å²) in [6.07, 6.45) is 4.85. The molecule has 0 aromatic heterocycles. The van der Waals surface area contributed by atoms with Crippen molar-refractivity contribution in [3.8, 4) is 0 Å². The molecule has 0 aliphatic carbocycles. The van der Waals surface area contributed by atoms with Crippen LogP contribution in [0.5, 0.6) is 0 Å². The molecule has 0 amide bonds. The van der Waals surface area contributed by atoms with Crippen LogP contribution in [0, 0.1) is 11.3 Å². The van der Waals surface area contributed by atoms with Gasteiger partial charge in [-0.05, 0) is 45.3 Å². The van der Waals surface area contributed by atoms with Crippen molar-refractivity contribution in [1.82, 2.24) is 9.80 Å². The average Bonchev–Trinajstić information content (AvgIpc) is 2.56.